The van der Waals surface area contributed by atoms with E-state index in [2.05, 4.69) is 30.9 Å². The van der Waals surface area contributed by atoms with E-state index in [9.17, 15) is 9.18 Å². The lowest BCUT2D eigenvalue weighted by Gasteiger charge is -2.13. The van der Waals surface area contributed by atoms with E-state index in [1.807, 2.05) is 13.8 Å². The second kappa shape index (κ2) is 9.59. The highest BCUT2D eigenvalue weighted by Gasteiger charge is 2.11. The number of aromatic nitrogens is 3. The molecule has 2 heterocycles. The van der Waals surface area contributed by atoms with Crippen LogP contribution in [0.25, 0.3) is 0 Å². The summed E-state index contributed by atoms with van der Waals surface area (Å²) in [5, 5.41) is 9.14. The first-order valence-electron chi connectivity index (χ1n) is 9.31. The highest BCUT2D eigenvalue weighted by Crippen LogP contribution is 2.18. The van der Waals surface area contributed by atoms with E-state index in [4.69, 9.17) is 0 Å². The number of nitrogens with one attached hydrogen (secondary N) is 3. The Morgan fingerprint density at radius 1 is 1.07 bits per heavy atom. The minimum absolute atomic E-state index is 0.187. The first kappa shape index (κ1) is 20.2. The molecule has 0 fully saturated rings. The molecule has 0 aliphatic heterocycles. The number of halogens is 1. The lowest BCUT2D eigenvalue weighted by molar-refractivity contribution is 0.0949. The van der Waals surface area contributed by atoms with Crippen molar-refractivity contribution in [1.29, 1.82) is 0 Å². The molecule has 1 aromatic carbocycles. The highest BCUT2D eigenvalue weighted by molar-refractivity contribution is 5.95. The molecule has 2 aromatic heterocycles. The Morgan fingerprint density at radius 2 is 1.83 bits per heavy atom. The van der Waals surface area contributed by atoms with Gasteiger partial charge in [-0.2, -0.15) is 0 Å². The summed E-state index contributed by atoms with van der Waals surface area (Å²) >= 11 is 0. The molecule has 0 atom stereocenters. The van der Waals surface area contributed by atoms with Crippen LogP contribution in [0.5, 0.6) is 0 Å². The van der Waals surface area contributed by atoms with Crippen LogP contribution in [0.1, 0.15) is 29.8 Å². The van der Waals surface area contributed by atoms with Crippen LogP contribution < -0.4 is 16.0 Å². The summed E-state index contributed by atoms with van der Waals surface area (Å²) in [5.41, 5.74) is 1.36. The van der Waals surface area contributed by atoms with Gasteiger partial charge in [-0.25, -0.2) is 14.4 Å². The monoisotopic (exact) mass is 394 g/mol. The Hall–Kier alpha value is -3.55. The van der Waals surface area contributed by atoms with Crippen molar-refractivity contribution in [2.24, 2.45) is 5.92 Å². The minimum atomic E-state index is -0.286. The predicted octanol–water partition coefficient (Wildman–Crippen LogP) is 3.75. The smallest absolute Gasteiger partial charge is 0.251 e. The molecule has 3 aromatic rings. The normalized spacial score (nSPS) is 10.6. The van der Waals surface area contributed by atoms with Gasteiger partial charge in [-0.05, 0) is 35.7 Å². The van der Waals surface area contributed by atoms with Crippen LogP contribution in [0.4, 0.5) is 21.8 Å². The van der Waals surface area contributed by atoms with Crippen LogP contribution in [0.15, 0.2) is 55.0 Å². The van der Waals surface area contributed by atoms with Gasteiger partial charge in [-0.15, -0.1) is 0 Å². The zero-order chi connectivity index (χ0) is 20.6. The van der Waals surface area contributed by atoms with Gasteiger partial charge in [0.1, 0.15) is 23.3 Å². The van der Waals surface area contributed by atoms with E-state index in [1.54, 1.807) is 42.9 Å². The van der Waals surface area contributed by atoms with Crippen LogP contribution in [0.2, 0.25) is 0 Å². The zero-order valence-electron chi connectivity index (χ0n) is 16.3. The number of hydrogen-bond acceptors (Lipinski definition) is 6. The van der Waals surface area contributed by atoms with Crippen molar-refractivity contribution in [3.63, 3.8) is 0 Å². The molecule has 0 spiro atoms. The van der Waals surface area contributed by atoms with Gasteiger partial charge in [0.2, 0.25) is 0 Å². The summed E-state index contributed by atoms with van der Waals surface area (Å²) in [5.74, 6) is 1.36. The fourth-order valence-electron chi connectivity index (χ4n) is 2.50. The third-order valence-corrected chi connectivity index (χ3v) is 3.96. The summed E-state index contributed by atoms with van der Waals surface area (Å²) in [4.78, 5) is 25.2. The fraction of sp³-hybridized carbons (Fsp3) is 0.238. The van der Waals surface area contributed by atoms with Gasteiger partial charge in [0.15, 0.2) is 0 Å². The maximum atomic E-state index is 13.1. The number of pyridine rings is 1. The van der Waals surface area contributed by atoms with Gasteiger partial charge < -0.3 is 16.0 Å². The lowest BCUT2D eigenvalue weighted by Crippen LogP contribution is -2.27. The van der Waals surface area contributed by atoms with Crippen molar-refractivity contribution in [3.05, 3.63) is 71.9 Å². The Morgan fingerprint density at radius 3 is 2.52 bits per heavy atom. The SMILES string of the molecule is CC(C)CNC(=O)c1cc(NCc2ccc(F)cc2)nc(Nc2cnccn2)c1. The first-order chi connectivity index (χ1) is 14.0. The van der Waals surface area contributed by atoms with Crippen molar-refractivity contribution in [2.45, 2.75) is 20.4 Å². The molecule has 0 radical (unpaired) electrons. The Balaban J connectivity index is 1.80. The average Bonchev–Trinajstić information content (AvgIpc) is 2.72. The molecule has 0 aliphatic rings. The number of benzene rings is 1. The number of carbonyl (C=O) groups is 1. The zero-order valence-corrected chi connectivity index (χ0v) is 16.3. The molecule has 8 heteroatoms. The number of amides is 1. The van der Waals surface area contributed by atoms with Gasteiger partial charge in [0.05, 0.1) is 6.20 Å². The van der Waals surface area contributed by atoms with E-state index < -0.39 is 0 Å². The van der Waals surface area contributed by atoms with Crippen molar-refractivity contribution >= 4 is 23.4 Å². The predicted molar refractivity (Wildman–Crippen MR) is 110 cm³/mol. The van der Waals surface area contributed by atoms with Crippen LogP contribution in [0, 0.1) is 11.7 Å². The molecule has 150 valence electrons. The molecule has 7 nitrogen and oxygen atoms in total. The highest BCUT2D eigenvalue weighted by atomic mass is 19.1. The average molecular weight is 394 g/mol. The topological polar surface area (TPSA) is 91.8 Å². The Bertz CT molecular complexity index is 947. The number of carbonyl (C=O) groups excluding carboxylic acids is 1. The van der Waals surface area contributed by atoms with E-state index in [1.165, 1.54) is 12.1 Å². The van der Waals surface area contributed by atoms with Crippen LogP contribution in [-0.2, 0) is 6.54 Å². The van der Waals surface area contributed by atoms with Gasteiger partial charge in [0, 0.05) is 31.0 Å². The summed E-state index contributed by atoms with van der Waals surface area (Å²) in [7, 11) is 0. The molecule has 0 bridgehead atoms. The van der Waals surface area contributed by atoms with E-state index in [-0.39, 0.29) is 11.7 Å². The summed E-state index contributed by atoms with van der Waals surface area (Å²) < 4.78 is 13.1. The minimum Gasteiger partial charge on any atom is -0.366 e. The first-order valence-corrected chi connectivity index (χ1v) is 9.31. The molecule has 0 aliphatic carbocycles. The van der Waals surface area contributed by atoms with E-state index in [0.717, 1.165) is 5.56 Å². The van der Waals surface area contributed by atoms with Crippen molar-refractivity contribution < 1.29 is 9.18 Å². The summed E-state index contributed by atoms with van der Waals surface area (Å²) in [6.45, 7) is 5.08. The van der Waals surface area contributed by atoms with Crippen molar-refractivity contribution in [3.8, 4) is 0 Å². The number of anilines is 3. The lowest BCUT2D eigenvalue weighted by atomic mass is 10.2. The standard InChI is InChI=1S/C21H23FN6O/c1-14(2)11-26-21(29)16-9-18(25-12-15-3-5-17(22)6-4-15)27-19(10-16)28-20-13-23-7-8-24-20/h3-10,13-14H,11-12H2,1-2H3,(H,26,29)(H2,24,25,27,28). The molecule has 0 saturated carbocycles. The molecule has 1 amide bonds. The molecule has 29 heavy (non-hydrogen) atoms. The molecule has 0 saturated heterocycles. The maximum absolute atomic E-state index is 13.1. The van der Waals surface area contributed by atoms with Crippen molar-refractivity contribution in [2.75, 3.05) is 17.2 Å². The molecule has 3 N–H and O–H groups in total. The van der Waals surface area contributed by atoms with Gasteiger partial charge >= 0.3 is 0 Å². The molecule has 3 rings (SSSR count). The van der Waals surface area contributed by atoms with Crippen LogP contribution in [-0.4, -0.2) is 27.4 Å². The van der Waals surface area contributed by atoms with Gasteiger partial charge in [-0.1, -0.05) is 26.0 Å². The number of rotatable bonds is 8. The van der Waals surface area contributed by atoms with E-state index in [0.29, 0.717) is 42.0 Å². The Labute approximate surface area is 168 Å². The van der Waals surface area contributed by atoms with Crippen LogP contribution >= 0.6 is 0 Å². The fourth-order valence-corrected chi connectivity index (χ4v) is 2.50. The molecular formula is C21H23FN6O. The van der Waals surface area contributed by atoms with Gasteiger partial charge in [0.25, 0.3) is 5.91 Å². The second-order valence-corrected chi connectivity index (χ2v) is 6.93. The molecular weight excluding hydrogens is 371 g/mol. The number of nitrogens with zero attached hydrogens (tertiary/aromatic N) is 3. The summed E-state index contributed by atoms with van der Waals surface area (Å²) in [6, 6.07) is 9.54. The Kier molecular flexibility index (Phi) is 6.67. The third kappa shape index (κ3) is 6.24. The second-order valence-electron chi connectivity index (χ2n) is 6.93. The van der Waals surface area contributed by atoms with E-state index >= 15 is 0 Å². The van der Waals surface area contributed by atoms with Gasteiger partial charge in [-0.3, -0.25) is 9.78 Å². The van der Waals surface area contributed by atoms with Crippen molar-refractivity contribution in [1.82, 2.24) is 20.3 Å². The molecule has 0 unspecified atom stereocenters. The maximum Gasteiger partial charge on any atom is 0.251 e. The largest absolute Gasteiger partial charge is 0.366 e. The number of hydrogen-bond donors (Lipinski definition) is 3. The van der Waals surface area contributed by atoms with Crippen LogP contribution in [0.3, 0.4) is 0 Å². The quantitative estimate of drug-likeness (QED) is 0.539. The summed E-state index contributed by atoms with van der Waals surface area (Å²) in [6.07, 6.45) is 4.71. The third-order valence-electron chi connectivity index (χ3n) is 3.96.